The standard InChI is InChI=1S/C32H38ClN3O5S/c1-4-30(32(38)34-26-9-5-6-10-26)35(21-24-14-12-23(2)13-15-24)31(37)22-36(27-11-7-8-25(33)20-27)42(39,40)29-18-16-28(41-3)17-19-29/h7-8,11-20,26,30H,4-6,9-10,21-22H2,1-3H3,(H,34,38)/t30-/m1/s1. The third kappa shape index (κ3) is 7.63. The van der Waals surface area contributed by atoms with Crippen LogP contribution in [0.2, 0.25) is 5.02 Å². The van der Waals surface area contributed by atoms with Crippen molar-refractivity contribution in [1.82, 2.24) is 10.2 Å². The molecule has 0 aliphatic heterocycles. The SMILES string of the molecule is CC[C@H](C(=O)NC1CCCC1)N(Cc1ccc(C)cc1)C(=O)CN(c1cccc(Cl)c1)S(=O)(=O)c1ccc(OC)cc1. The second-order valence-electron chi connectivity index (χ2n) is 10.6. The summed E-state index contributed by atoms with van der Waals surface area (Å²) < 4.78 is 34.2. The molecular weight excluding hydrogens is 574 g/mol. The van der Waals surface area contributed by atoms with Gasteiger partial charge in [-0.25, -0.2) is 8.42 Å². The van der Waals surface area contributed by atoms with Gasteiger partial charge in [-0.15, -0.1) is 0 Å². The van der Waals surface area contributed by atoms with E-state index in [1.54, 1.807) is 30.3 Å². The fraction of sp³-hybridized carbons (Fsp3) is 0.375. The maximum Gasteiger partial charge on any atom is 0.264 e. The predicted molar refractivity (Wildman–Crippen MR) is 165 cm³/mol. The fourth-order valence-corrected chi connectivity index (χ4v) is 6.80. The Bertz CT molecular complexity index is 1470. The van der Waals surface area contributed by atoms with Crippen LogP contribution in [0.4, 0.5) is 5.69 Å². The Morgan fingerprint density at radius 2 is 1.69 bits per heavy atom. The van der Waals surface area contributed by atoms with Gasteiger partial charge in [0.1, 0.15) is 18.3 Å². The number of carbonyl (C=O) groups excluding carboxylic acids is 2. The van der Waals surface area contributed by atoms with Crippen molar-refractivity contribution in [2.75, 3.05) is 18.0 Å². The molecule has 1 N–H and O–H groups in total. The van der Waals surface area contributed by atoms with Crippen molar-refractivity contribution in [2.45, 2.75) is 69.5 Å². The van der Waals surface area contributed by atoms with Crippen LogP contribution in [-0.4, -0.2) is 50.9 Å². The van der Waals surface area contributed by atoms with Crippen molar-refractivity contribution >= 4 is 39.1 Å². The van der Waals surface area contributed by atoms with E-state index in [1.807, 2.05) is 38.1 Å². The summed E-state index contributed by atoms with van der Waals surface area (Å²) >= 11 is 6.25. The number of hydrogen-bond donors (Lipinski definition) is 1. The lowest BCUT2D eigenvalue weighted by molar-refractivity contribution is -0.140. The van der Waals surface area contributed by atoms with E-state index < -0.39 is 28.5 Å². The summed E-state index contributed by atoms with van der Waals surface area (Å²) in [5, 5.41) is 3.45. The number of carbonyl (C=O) groups is 2. The van der Waals surface area contributed by atoms with E-state index in [0.29, 0.717) is 17.2 Å². The molecule has 1 saturated carbocycles. The van der Waals surface area contributed by atoms with Crippen LogP contribution in [0.5, 0.6) is 5.75 Å². The van der Waals surface area contributed by atoms with Gasteiger partial charge in [-0.3, -0.25) is 13.9 Å². The van der Waals surface area contributed by atoms with Crippen molar-refractivity contribution in [1.29, 1.82) is 0 Å². The van der Waals surface area contributed by atoms with Crippen molar-refractivity contribution < 1.29 is 22.7 Å². The summed E-state index contributed by atoms with van der Waals surface area (Å²) in [5.41, 5.74) is 2.15. The zero-order chi connectivity index (χ0) is 30.3. The number of nitrogens with one attached hydrogen (secondary N) is 1. The van der Waals surface area contributed by atoms with Crippen LogP contribution in [0.1, 0.15) is 50.2 Å². The van der Waals surface area contributed by atoms with Gasteiger partial charge in [-0.05, 0) is 74.2 Å². The normalized spacial score (nSPS) is 14.3. The van der Waals surface area contributed by atoms with Crippen molar-refractivity contribution in [3.63, 3.8) is 0 Å². The molecule has 4 rings (SSSR count). The summed E-state index contributed by atoms with van der Waals surface area (Å²) in [6.07, 6.45) is 4.32. The number of ether oxygens (including phenoxy) is 1. The number of halogens is 1. The Balaban J connectivity index is 1.71. The van der Waals surface area contributed by atoms with Crippen LogP contribution < -0.4 is 14.4 Å². The smallest absolute Gasteiger partial charge is 0.264 e. The summed E-state index contributed by atoms with van der Waals surface area (Å²) in [7, 11) is -2.71. The van der Waals surface area contributed by atoms with Crippen molar-refractivity contribution in [3.05, 3.63) is 88.9 Å². The molecule has 10 heteroatoms. The molecule has 42 heavy (non-hydrogen) atoms. The summed E-state index contributed by atoms with van der Waals surface area (Å²) in [4.78, 5) is 29.2. The highest BCUT2D eigenvalue weighted by atomic mass is 35.5. The molecule has 0 bridgehead atoms. The molecule has 0 heterocycles. The molecule has 0 saturated heterocycles. The minimum atomic E-state index is -4.20. The third-order valence-corrected chi connectivity index (χ3v) is 9.61. The predicted octanol–water partition coefficient (Wildman–Crippen LogP) is 5.72. The second-order valence-corrected chi connectivity index (χ2v) is 12.9. The van der Waals surface area contributed by atoms with Gasteiger partial charge in [0.05, 0.1) is 17.7 Å². The van der Waals surface area contributed by atoms with Gasteiger partial charge >= 0.3 is 0 Å². The number of sulfonamides is 1. The highest BCUT2D eigenvalue weighted by Gasteiger charge is 2.34. The van der Waals surface area contributed by atoms with Crippen molar-refractivity contribution in [2.24, 2.45) is 0 Å². The molecule has 1 aliphatic carbocycles. The Morgan fingerprint density at radius 3 is 2.29 bits per heavy atom. The first-order valence-electron chi connectivity index (χ1n) is 14.2. The van der Waals surface area contributed by atoms with E-state index in [-0.39, 0.29) is 29.1 Å². The largest absolute Gasteiger partial charge is 0.497 e. The Labute approximate surface area is 253 Å². The molecule has 2 amide bonds. The van der Waals surface area contributed by atoms with E-state index in [0.717, 1.165) is 41.1 Å². The van der Waals surface area contributed by atoms with Gasteiger partial charge in [0.25, 0.3) is 10.0 Å². The molecule has 1 atom stereocenters. The van der Waals surface area contributed by atoms with Gasteiger partial charge in [0.2, 0.25) is 11.8 Å². The van der Waals surface area contributed by atoms with Crippen molar-refractivity contribution in [3.8, 4) is 5.75 Å². The van der Waals surface area contributed by atoms with E-state index in [9.17, 15) is 18.0 Å². The highest BCUT2D eigenvalue weighted by Crippen LogP contribution is 2.28. The van der Waals surface area contributed by atoms with Crippen LogP contribution in [0.25, 0.3) is 0 Å². The lowest BCUT2D eigenvalue weighted by Crippen LogP contribution is -2.53. The van der Waals surface area contributed by atoms with E-state index >= 15 is 0 Å². The molecule has 3 aromatic carbocycles. The zero-order valence-electron chi connectivity index (χ0n) is 24.3. The number of amides is 2. The number of anilines is 1. The third-order valence-electron chi connectivity index (χ3n) is 7.58. The molecule has 0 radical (unpaired) electrons. The van der Waals surface area contributed by atoms with Crippen LogP contribution >= 0.6 is 11.6 Å². The van der Waals surface area contributed by atoms with Crippen LogP contribution in [0.15, 0.2) is 77.7 Å². The first-order valence-corrected chi connectivity index (χ1v) is 16.0. The Morgan fingerprint density at radius 1 is 1.02 bits per heavy atom. The van der Waals surface area contributed by atoms with Gasteiger partial charge in [0, 0.05) is 17.6 Å². The topological polar surface area (TPSA) is 96.0 Å². The van der Waals surface area contributed by atoms with Gasteiger partial charge in [-0.1, -0.05) is 67.3 Å². The molecule has 8 nitrogen and oxygen atoms in total. The van der Waals surface area contributed by atoms with Gasteiger partial charge in [0.15, 0.2) is 0 Å². The molecule has 3 aromatic rings. The minimum absolute atomic E-state index is 0.00724. The van der Waals surface area contributed by atoms with E-state index in [2.05, 4.69) is 5.32 Å². The summed E-state index contributed by atoms with van der Waals surface area (Å²) in [6.45, 7) is 3.47. The van der Waals surface area contributed by atoms with E-state index in [1.165, 1.54) is 30.2 Å². The van der Waals surface area contributed by atoms with Gasteiger partial charge in [-0.2, -0.15) is 0 Å². The van der Waals surface area contributed by atoms with Crippen LogP contribution in [0.3, 0.4) is 0 Å². The molecule has 224 valence electrons. The molecule has 0 unspecified atom stereocenters. The first-order chi connectivity index (χ1) is 20.1. The van der Waals surface area contributed by atoms with Gasteiger partial charge < -0.3 is 15.0 Å². The van der Waals surface area contributed by atoms with Crippen LogP contribution in [-0.2, 0) is 26.2 Å². The average molecular weight is 612 g/mol. The highest BCUT2D eigenvalue weighted by molar-refractivity contribution is 7.92. The Hall–Kier alpha value is -3.56. The van der Waals surface area contributed by atoms with E-state index in [4.69, 9.17) is 16.3 Å². The molecule has 0 aromatic heterocycles. The Kier molecular flexibility index (Phi) is 10.5. The molecule has 1 fully saturated rings. The molecular formula is C32H38ClN3O5S. The molecule has 0 spiro atoms. The number of benzene rings is 3. The lowest BCUT2D eigenvalue weighted by Gasteiger charge is -2.34. The minimum Gasteiger partial charge on any atom is -0.497 e. The quantitative estimate of drug-likeness (QED) is 0.283. The van der Waals surface area contributed by atoms with Crippen LogP contribution in [0, 0.1) is 6.92 Å². The number of methoxy groups -OCH3 is 1. The maximum absolute atomic E-state index is 14.2. The number of aryl methyl sites for hydroxylation is 1. The monoisotopic (exact) mass is 611 g/mol. The fourth-order valence-electron chi connectivity index (χ4n) is 5.21. The lowest BCUT2D eigenvalue weighted by atomic mass is 10.1. The number of nitrogens with zero attached hydrogens (tertiary/aromatic N) is 2. The summed E-state index contributed by atoms with van der Waals surface area (Å²) in [5.74, 6) is -0.221. The number of rotatable bonds is 12. The molecule has 1 aliphatic rings. The summed E-state index contributed by atoms with van der Waals surface area (Å²) in [6, 6.07) is 19.4. The second kappa shape index (κ2) is 14.1. The average Bonchev–Trinajstić information content (AvgIpc) is 3.49. The maximum atomic E-state index is 14.2. The first kappa shape index (κ1) is 31.4. The number of hydrogen-bond acceptors (Lipinski definition) is 5. The zero-order valence-corrected chi connectivity index (χ0v) is 25.8.